The molecule has 1 aromatic heterocycles. The number of hydrogen-bond acceptors (Lipinski definition) is 3. The number of halogens is 1. The van der Waals surface area contributed by atoms with Gasteiger partial charge in [-0.25, -0.2) is 4.39 Å². The van der Waals surface area contributed by atoms with Crippen molar-refractivity contribution in [2.24, 2.45) is 0 Å². The van der Waals surface area contributed by atoms with Crippen molar-refractivity contribution in [2.45, 2.75) is 6.42 Å². The van der Waals surface area contributed by atoms with Crippen LogP contribution >= 0.6 is 0 Å². The molecule has 0 bridgehead atoms. The highest BCUT2D eigenvalue weighted by atomic mass is 19.1. The largest absolute Gasteiger partial charge is 0.370 e. The highest BCUT2D eigenvalue weighted by molar-refractivity contribution is 5.98. The van der Waals surface area contributed by atoms with Crippen molar-refractivity contribution in [3.8, 4) is 0 Å². The lowest BCUT2D eigenvalue weighted by Crippen LogP contribution is -2.35. The van der Waals surface area contributed by atoms with Crippen LogP contribution in [0.15, 0.2) is 60.8 Å². The first-order valence-corrected chi connectivity index (χ1v) is 8.85. The number of aromatic nitrogens is 1. The molecular weight excluding hydrogens is 329 g/mol. The third kappa shape index (κ3) is 3.38. The lowest BCUT2D eigenvalue weighted by Gasteiger charge is -2.24. The van der Waals surface area contributed by atoms with Gasteiger partial charge in [-0.15, -0.1) is 0 Å². The van der Waals surface area contributed by atoms with E-state index in [2.05, 4.69) is 9.88 Å². The summed E-state index contributed by atoms with van der Waals surface area (Å²) < 4.78 is 13.1. The van der Waals surface area contributed by atoms with Crippen molar-refractivity contribution in [3.63, 3.8) is 0 Å². The molecule has 0 aliphatic carbocycles. The Balaban J connectivity index is 1.49. The maximum Gasteiger partial charge on any atom is 0.253 e. The maximum atomic E-state index is 13.1. The molecule has 0 spiro atoms. The molecule has 0 N–H and O–H groups in total. The summed E-state index contributed by atoms with van der Waals surface area (Å²) in [7, 11) is 0. The van der Waals surface area contributed by atoms with Crippen molar-refractivity contribution in [3.05, 3.63) is 72.2 Å². The van der Waals surface area contributed by atoms with Crippen LogP contribution in [0.4, 0.5) is 10.1 Å². The number of carbonyl (C=O) groups excluding carboxylic acids is 1. The van der Waals surface area contributed by atoms with E-state index in [0.717, 1.165) is 42.6 Å². The second kappa shape index (κ2) is 7.12. The second-order valence-electron chi connectivity index (χ2n) is 6.52. The Morgan fingerprint density at radius 2 is 1.81 bits per heavy atom. The first kappa shape index (κ1) is 16.5. The van der Waals surface area contributed by atoms with Gasteiger partial charge in [-0.1, -0.05) is 6.07 Å². The van der Waals surface area contributed by atoms with Crippen molar-refractivity contribution < 1.29 is 9.18 Å². The predicted octanol–water partition coefficient (Wildman–Crippen LogP) is 3.73. The van der Waals surface area contributed by atoms with Gasteiger partial charge in [-0.3, -0.25) is 9.78 Å². The van der Waals surface area contributed by atoms with Gasteiger partial charge in [0.25, 0.3) is 5.91 Å². The van der Waals surface area contributed by atoms with Gasteiger partial charge in [-0.2, -0.15) is 0 Å². The summed E-state index contributed by atoms with van der Waals surface area (Å²) >= 11 is 0. The van der Waals surface area contributed by atoms with Gasteiger partial charge in [0.1, 0.15) is 5.82 Å². The molecule has 4 rings (SSSR count). The van der Waals surface area contributed by atoms with E-state index in [1.807, 2.05) is 35.2 Å². The summed E-state index contributed by atoms with van der Waals surface area (Å²) in [6.07, 6.45) is 2.64. The predicted molar refractivity (Wildman–Crippen MR) is 101 cm³/mol. The molecule has 1 aliphatic rings. The number of nitrogens with zero attached hydrogens (tertiary/aromatic N) is 3. The number of amides is 1. The molecule has 2 aromatic carbocycles. The molecule has 2 heterocycles. The van der Waals surface area contributed by atoms with Crippen LogP contribution in [0.3, 0.4) is 0 Å². The lowest BCUT2D eigenvalue weighted by atomic mass is 10.1. The molecule has 0 unspecified atom stereocenters. The molecule has 0 radical (unpaired) electrons. The van der Waals surface area contributed by atoms with Gasteiger partial charge >= 0.3 is 0 Å². The normalized spacial score (nSPS) is 15.1. The number of pyridine rings is 1. The van der Waals surface area contributed by atoms with Crippen LogP contribution in [0.1, 0.15) is 16.8 Å². The number of anilines is 1. The van der Waals surface area contributed by atoms with E-state index < -0.39 is 0 Å². The summed E-state index contributed by atoms with van der Waals surface area (Å²) in [4.78, 5) is 21.3. The molecule has 4 nitrogen and oxygen atoms in total. The quantitative estimate of drug-likeness (QED) is 0.707. The van der Waals surface area contributed by atoms with E-state index in [1.54, 1.807) is 18.3 Å². The van der Waals surface area contributed by atoms with E-state index in [9.17, 15) is 9.18 Å². The molecule has 26 heavy (non-hydrogen) atoms. The van der Waals surface area contributed by atoms with Crippen LogP contribution in [-0.2, 0) is 0 Å². The molecule has 0 saturated carbocycles. The first-order valence-electron chi connectivity index (χ1n) is 8.85. The monoisotopic (exact) mass is 349 g/mol. The molecule has 1 fully saturated rings. The van der Waals surface area contributed by atoms with Gasteiger partial charge in [0.05, 0.1) is 5.52 Å². The smallest absolute Gasteiger partial charge is 0.253 e. The average molecular weight is 349 g/mol. The standard InChI is InChI=1S/C21H20FN3O/c22-18-5-7-19(8-6-18)24-11-2-12-25(14-13-24)21(26)17-4-9-20-16(15-17)3-1-10-23-20/h1,3-10,15H,2,11-14H2. The zero-order valence-corrected chi connectivity index (χ0v) is 14.4. The fourth-order valence-corrected chi connectivity index (χ4v) is 3.42. The molecule has 1 saturated heterocycles. The fraction of sp³-hybridized carbons (Fsp3) is 0.238. The van der Waals surface area contributed by atoms with Crippen molar-refractivity contribution in [1.29, 1.82) is 0 Å². The van der Waals surface area contributed by atoms with Crippen LogP contribution in [0.2, 0.25) is 0 Å². The first-order chi connectivity index (χ1) is 12.7. The topological polar surface area (TPSA) is 36.4 Å². The van der Waals surface area contributed by atoms with Crippen LogP contribution in [0, 0.1) is 5.82 Å². The molecule has 0 atom stereocenters. The highest BCUT2D eigenvalue weighted by Crippen LogP contribution is 2.19. The Morgan fingerprint density at radius 3 is 2.65 bits per heavy atom. The molecule has 132 valence electrons. The molecule has 5 heteroatoms. The summed E-state index contributed by atoms with van der Waals surface area (Å²) in [6.45, 7) is 2.98. The second-order valence-corrected chi connectivity index (χ2v) is 6.52. The van der Waals surface area contributed by atoms with Gasteiger partial charge in [0, 0.05) is 49.0 Å². The minimum atomic E-state index is -0.230. The Morgan fingerprint density at radius 1 is 0.962 bits per heavy atom. The third-order valence-corrected chi connectivity index (χ3v) is 4.82. The zero-order valence-electron chi connectivity index (χ0n) is 14.4. The van der Waals surface area contributed by atoms with Gasteiger partial charge in [0.15, 0.2) is 0 Å². The molecule has 3 aromatic rings. The van der Waals surface area contributed by atoms with E-state index in [4.69, 9.17) is 0 Å². The molecule has 1 aliphatic heterocycles. The highest BCUT2D eigenvalue weighted by Gasteiger charge is 2.20. The SMILES string of the molecule is O=C(c1ccc2ncccc2c1)N1CCCN(c2ccc(F)cc2)CC1. The Hall–Kier alpha value is -2.95. The Labute approximate surface area is 151 Å². The van der Waals surface area contributed by atoms with Gasteiger partial charge < -0.3 is 9.80 Å². The fourth-order valence-electron chi connectivity index (χ4n) is 3.42. The zero-order chi connectivity index (χ0) is 17.9. The van der Waals surface area contributed by atoms with E-state index in [0.29, 0.717) is 12.1 Å². The average Bonchev–Trinajstić information content (AvgIpc) is 2.94. The van der Waals surface area contributed by atoms with Crippen LogP contribution in [0.25, 0.3) is 10.9 Å². The minimum absolute atomic E-state index is 0.0525. The van der Waals surface area contributed by atoms with Crippen molar-refractivity contribution >= 4 is 22.5 Å². The number of benzene rings is 2. The van der Waals surface area contributed by atoms with Crippen molar-refractivity contribution in [2.75, 3.05) is 31.1 Å². The van der Waals surface area contributed by atoms with Gasteiger partial charge in [-0.05, 0) is 55.0 Å². The van der Waals surface area contributed by atoms with E-state index >= 15 is 0 Å². The van der Waals surface area contributed by atoms with E-state index in [-0.39, 0.29) is 11.7 Å². The Kier molecular flexibility index (Phi) is 4.52. The van der Waals surface area contributed by atoms with E-state index in [1.165, 1.54) is 12.1 Å². The molecule has 1 amide bonds. The number of rotatable bonds is 2. The number of hydrogen-bond donors (Lipinski definition) is 0. The number of fused-ring (bicyclic) bond motifs is 1. The Bertz CT molecular complexity index is 926. The van der Waals surface area contributed by atoms with Crippen LogP contribution in [-0.4, -0.2) is 42.0 Å². The maximum absolute atomic E-state index is 13.1. The van der Waals surface area contributed by atoms with Crippen LogP contribution in [0.5, 0.6) is 0 Å². The summed E-state index contributed by atoms with van der Waals surface area (Å²) in [5, 5.41) is 0.973. The molecular formula is C21H20FN3O. The summed E-state index contributed by atoms with van der Waals surface area (Å²) in [5.41, 5.74) is 2.58. The minimum Gasteiger partial charge on any atom is -0.370 e. The number of carbonyl (C=O) groups is 1. The summed E-state index contributed by atoms with van der Waals surface area (Å²) in [5.74, 6) is -0.178. The van der Waals surface area contributed by atoms with Crippen molar-refractivity contribution in [1.82, 2.24) is 9.88 Å². The third-order valence-electron chi connectivity index (χ3n) is 4.82. The van der Waals surface area contributed by atoms with Gasteiger partial charge in [0.2, 0.25) is 0 Å². The van der Waals surface area contributed by atoms with Crippen LogP contribution < -0.4 is 4.90 Å². The lowest BCUT2D eigenvalue weighted by molar-refractivity contribution is 0.0767. The summed E-state index contributed by atoms with van der Waals surface area (Å²) in [6, 6.07) is 16.0.